The third-order valence-electron chi connectivity index (χ3n) is 5.32. The topological polar surface area (TPSA) is 83.0 Å². The SMILES string of the molecule is CCOC(=O)C1=C(C)N=C2SCCCN2[C@H]1c1cccc(NC(=O)Nc2ccc(Cl)cc2)c1. The van der Waals surface area contributed by atoms with Crippen molar-refractivity contribution in [3.63, 3.8) is 0 Å². The molecular formula is C24H25ClN4O3S. The number of hydrogen-bond acceptors (Lipinski definition) is 6. The first-order chi connectivity index (χ1) is 16.0. The molecule has 1 saturated heterocycles. The molecule has 0 saturated carbocycles. The van der Waals surface area contributed by atoms with Gasteiger partial charge in [0.2, 0.25) is 0 Å². The fraction of sp³-hybridized carbons (Fsp3) is 0.292. The number of anilines is 2. The highest BCUT2D eigenvalue weighted by atomic mass is 35.5. The Morgan fingerprint density at radius 2 is 1.94 bits per heavy atom. The van der Waals surface area contributed by atoms with Crippen LogP contribution in [0.3, 0.4) is 0 Å². The number of nitrogens with zero attached hydrogens (tertiary/aromatic N) is 2. The largest absolute Gasteiger partial charge is 0.463 e. The summed E-state index contributed by atoms with van der Waals surface area (Å²) in [4.78, 5) is 32.2. The summed E-state index contributed by atoms with van der Waals surface area (Å²) in [6, 6.07) is 13.7. The van der Waals surface area contributed by atoms with Crippen LogP contribution in [0.1, 0.15) is 31.9 Å². The van der Waals surface area contributed by atoms with Crippen LogP contribution >= 0.6 is 23.4 Å². The van der Waals surface area contributed by atoms with Crippen LogP contribution in [0, 0.1) is 0 Å². The molecule has 7 nitrogen and oxygen atoms in total. The van der Waals surface area contributed by atoms with Gasteiger partial charge in [-0.05, 0) is 62.2 Å². The molecule has 2 aromatic rings. The lowest BCUT2D eigenvalue weighted by molar-refractivity contribution is -0.139. The summed E-state index contributed by atoms with van der Waals surface area (Å²) in [5.41, 5.74) is 3.34. The van der Waals surface area contributed by atoms with E-state index in [-0.39, 0.29) is 18.0 Å². The molecule has 0 unspecified atom stereocenters. The van der Waals surface area contributed by atoms with Crippen LogP contribution in [0.15, 0.2) is 64.8 Å². The Morgan fingerprint density at radius 1 is 1.18 bits per heavy atom. The molecule has 0 bridgehead atoms. The first kappa shape index (κ1) is 23.2. The van der Waals surface area contributed by atoms with Gasteiger partial charge in [0, 0.05) is 28.7 Å². The molecule has 2 heterocycles. The summed E-state index contributed by atoms with van der Waals surface area (Å²) in [5.74, 6) is 0.633. The van der Waals surface area contributed by atoms with Crippen molar-refractivity contribution in [2.45, 2.75) is 26.3 Å². The van der Waals surface area contributed by atoms with E-state index in [0.717, 1.165) is 29.4 Å². The lowest BCUT2D eigenvalue weighted by Gasteiger charge is -2.40. The number of carbonyl (C=O) groups excluding carboxylic acids is 2. The zero-order valence-corrected chi connectivity index (χ0v) is 20.0. The molecule has 2 aliphatic heterocycles. The summed E-state index contributed by atoms with van der Waals surface area (Å²) in [7, 11) is 0. The maximum atomic E-state index is 12.9. The molecule has 0 aromatic heterocycles. The standard InChI is InChI=1S/C24H25ClN4O3S/c1-3-32-22(30)20-15(2)26-24-29(12-5-13-33-24)21(20)16-6-4-7-19(14-16)28-23(31)27-18-10-8-17(25)9-11-18/h4,6-11,14,21H,3,5,12-13H2,1-2H3,(H2,27,28,31)/t21-/m0/s1. The highest BCUT2D eigenvalue weighted by molar-refractivity contribution is 8.13. The zero-order valence-electron chi connectivity index (χ0n) is 18.4. The number of esters is 1. The van der Waals surface area contributed by atoms with Gasteiger partial charge in [-0.2, -0.15) is 0 Å². The second-order valence-corrected chi connectivity index (χ2v) is 9.12. The van der Waals surface area contributed by atoms with E-state index in [4.69, 9.17) is 16.3 Å². The number of halogens is 1. The van der Waals surface area contributed by atoms with E-state index >= 15 is 0 Å². The second kappa shape index (κ2) is 10.3. The van der Waals surface area contributed by atoms with E-state index in [9.17, 15) is 9.59 Å². The monoisotopic (exact) mass is 484 g/mol. The van der Waals surface area contributed by atoms with Crippen molar-refractivity contribution in [1.29, 1.82) is 0 Å². The van der Waals surface area contributed by atoms with Crippen molar-refractivity contribution >= 4 is 51.9 Å². The molecule has 2 aliphatic rings. The van der Waals surface area contributed by atoms with Gasteiger partial charge in [-0.1, -0.05) is 35.5 Å². The first-order valence-electron chi connectivity index (χ1n) is 10.8. The Morgan fingerprint density at radius 3 is 2.70 bits per heavy atom. The van der Waals surface area contributed by atoms with Gasteiger partial charge < -0.3 is 20.3 Å². The van der Waals surface area contributed by atoms with Crippen molar-refractivity contribution in [2.24, 2.45) is 4.99 Å². The number of carbonyl (C=O) groups is 2. The Labute approximate surface area is 202 Å². The molecule has 0 aliphatic carbocycles. The van der Waals surface area contributed by atoms with Gasteiger partial charge in [0.05, 0.1) is 23.9 Å². The zero-order chi connectivity index (χ0) is 23.4. The minimum absolute atomic E-state index is 0.292. The van der Waals surface area contributed by atoms with Crippen LogP contribution in [0.2, 0.25) is 5.02 Å². The van der Waals surface area contributed by atoms with Crippen LogP contribution in [-0.4, -0.2) is 41.0 Å². The minimum atomic E-state index is -0.369. The van der Waals surface area contributed by atoms with Crippen molar-refractivity contribution < 1.29 is 14.3 Å². The number of allylic oxidation sites excluding steroid dienone is 1. The number of aliphatic imine (C=N–C) groups is 1. The number of rotatable bonds is 5. The number of thioether (sulfide) groups is 1. The normalized spacial score (nSPS) is 17.7. The first-order valence-corrected chi connectivity index (χ1v) is 12.1. The molecule has 2 aromatic carbocycles. The average molecular weight is 485 g/mol. The minimum Gasteiger partial charge on any atom is -0.463 e. The van der Waals surface area contributed by atoms with Crippen molar-refractivity contribution in [2.75, 3.05) is 29.5 Å². The van der Waals surface area contributed by atoms with Crippen molar-refractivity contribution in [3.8, 4) is 0 Å². The van der Waals surface area contributed by atoms with Crippen LogP contribution in [0.4, 0.5) is 16.2 Å². The van der Waals surface area contributed by atoms with E-state index in [2.05, 4.69) is 20.5 Å². The number of nitrogens with one attached hydrogen (secondary N) is 2. The molecule has 1 atom stereocenters. The van der Waals surface area contributed by atoms with Crippen LogP contribution in [0.5, 0.6) is 0 Å². The molecule has 0 spiro atoms. The maximum absolute atomic E-state index is 12.9. The van der Waals surface area contributed by atoms with E-state index in [1.54, 1.807) is 43.0 Å². The van der Waals surface area contributed by atoms with Gasteiger partial charge in [-0.3, -0.25) is 0 Å². The lowest BCUT2D eigenvalue weighted by atomic mass is 9.94. The fourth-order valence-corrected chi connectivity index (χ4v) is 5.04. The molecular weight excluding hydrogens is 460 g/mol. The highest BCUT2D eigenvalue weighted by Gasteiger charge is 2.37. The van der Waals surface area contributed by atoms with E-state index in [1.165, 1.54) is 0 Å². The summed E-state index contributed by atoms with van der Waals surface area (Å²) in [6.45, 7) is 4.73. The van der Waals surface area contributed by atoms with Gasteiger partial charge >= 0.3 is 12.0 Å². The summed E-state index contributed by atoms with van der Waals surface area (Å²) >= 11 is 7.60. The summed E-state index contributed by atoms with van der Waals surface area (Å²) in [5, 5.41) is 7.17. The molecule has 172 valence electrons. The van der Waals surface area contributed by atoms with Gasteiger partial charge in [-0.15, -0.1) is 0 Å². The molecule has 4 rings (SSSR count). The number of amidine groups is 1. The third-order valence-corrected chi connectivity index (χ3v) is 6.64. The average Bonchev–Trinajstić information content (AvgIpc) is 2.80. The molecule has 9 heteroatoms. The Bertz CT molecular complexity index is 1120. The van der Waals surface area contributed by atoms with Gasteiger partial charge in [0.25, 0.3) is 0 Å². The fourth-order valence-electron chi connectivity index (χ4n) is 3.90. The molecule has 0 radical (unpaired) electrons. The number of hydrogen-bond donors (Lipinski definition) is 2. The van der Waals surface area contributed by atoms with Crippen molar-refractivity contribution in [3.05, 3.63) is 70.4 Å². The molecule has 33 heavy (non-hydrogen) atoms. The van der Waals surface area contributed by atoms with Gasteiger partial charge in [0.15, 0.2) is 5.17 Å². The predicted octanol–water partition coefficient (Wildman–Crippen LogP) is 5.67. The quantitative estimate of drug-likeness (QED) is 0.534. The van der Waals surface area contributed by atoms with Gasteiger partial charge in [-0.25, -0.2) is 14.6 Å². The maximum Gasteiger partial charge on any atom is 0.338 e. The van der Waals surface area contributed by atoms with E-state index < -0.39 is 0 Å². The van der Waals surface area contributed by atoms with Crippen LogP contribution in [-0.2, 0) is 9.53 Å². The summed E-state index contributed by atoms with van der Waals surface area (Å²) < 4.78 is 5.36. The number of benzene rings is 2. The third kappa shape index (κ3) is 5.34. The van der Waals surface area contributed by atoms with E-state index in [0.29, 0.717) is 34.3 Å². The Balaban J connectivity index is 1.60. The smallest absolute Gasteiger partial charge is 0.338 e. The molecule has 2 amide bonds. The van der Waals surface area contributed by atoms with Gasteiger partial charge in [0.1, 0.15) is 0 Å². The molecule has 2 N–H and O–H groups in total. The van der Waals surface area contributed by atoms with Crippen LogP contribution < -0.4 is 10.6 Å². The highest BCUT2D eigenvalue weighted by Crippen LogP contribution is 2.40. The Kier molecular flexibility index (Phi) is 7.25. The molecule has 1 fully saturated rings. The number of amides is 2. The van der Waals surface area contributed by atoms with Crippen molar-refractivity contribution in [1.82, 2.24) is 4.90 Å². The second-order valence-electron chi connectivity index (χ2n) is 7.62. The predicted molar refractivity (Wildman–Crippen MR) is 134 cm³/mol. The Hall–Kier alpha value is -2.97. The summed E-state index contributed by atoms with van der Waals surface area (Å²) in [6.07, 6.45) is 0.997. The number of urea groups is 1. The lowest BCUT2D eigenvalue weighted by Crippen LogP contribution is -2.42. The number of ether oxygens (including phenoxy) is 1. The van der Waals surface area contributed by atoms with Crippen LogP contribution in [0.25, 0.3) is 0 Å². The van der Waals surface area contributed by atoms with E-state index in [1.807, 2.05) is 31.2 Å². The number of fused-ring (bicyclic) bond motifs is 1.